The van der Waals surface area contributed by atoms with Gasteiger partial charge in [-0.1, -0.05) is 48.0 Å². The molecule has 2 rings (SSSR count). The van der Waals surface area contributed by atoms with E-state index >= 15 is 0 Å². The van der Waals surface area contributed by atoms with Crippen LogP contribution in [0.1, 0.15) is 23.8 Å². The van der Waals surface area contributed by atoms with Crippen LogP contribution < -0.4 is 4.74 Å². The summed E-state index contributed by atoms with van der Waals surface area (Å²) in [6.07, 6.45) is -0.131. The van der Waals surface area contributed by atoms with Crippen LogP contribution in [0.5, 0.6) is 5.75 Å². The van der Waals surface area contributed by atoms with E-state index in [2.05, 4.69) is 0 Å². The molecule has 0 aliphatic rings. The van der Waals surface area contributed by atoms with E-state index in [0.717, 1.165) is 17.7 Å². The predicted octanol–water partition coefficient (Wildman–Crippen LogP) is 3.47. The van der Waals surface area contributed by atoms with Gasteiger partial charge < -0.3 is 14.6 Å². The molecular formula is C17H20O3. The van der Waals surface area contributed by atoms with E-state index < -0.39 is 6.29 Å². The summed E-state index contributed by atoms with van der Waals surface area (Å²) in [4.78, 5) is 0. The highest BCUT2D eigenvalue weighted by Gasteiger charge is 2.05. The Labute approximate surface area is 119 Å². The van der Waals surface area contributed by atoms with Crippen molar-refractivity contribution in [3.05, 3.63) is 65.7 Å². The Bertz CT molecular complexity index is 493. The zero-order valence-corrected chi connectivity index (χ0v) is 11.7. The third-order valence-electron chi connectivity index (χ3n) is 2.94. The van der Waals surface area contributed by atoms with Crippen molar-refractivity contribution < 1.29 is 14.6 Å². The Balaban J connectivity index is 1.63. The topological polar surface area (TPSA) is 38.7 Å². The molecule has 0 spiro atoms. The van der Waals surface area contributed by atoms with Crippen LogP contribution in [-0.2, 0) is 4.74 Å². The molecule has 0 aliphatic heterocycles. The van der Waals surface area contributed by atoms with Gasteiger partial charge in [-0.15, -0.1) is 0 Å². The maximum atomic E-state index is 9.80. The van der Waals surface area contributed by atoms with Crippen molar-refractivity contribution >= 4 is 0 Å². The van der Waals surface area contributed by atoms with Crippen molar-refractivity contribution in [1.82, 2.24) is 0 Å². The lowest BCUT2D eigenvalue weighted by Crippen LogP contribution is -2.07. The number of hydrogen-bond donors (Lipinski definition) is 1. The van der Waals surface area contributed by atoms with Crippen LogP contribution in [0.15, 0.2) is 54.6 Å². The van der Waals surface area contributed by atoms with Gasteiger partial charge in [0.1, 0.15) is 5.75 Å². The van der Waals surface area contributed by atoms with Crippen LogP contribution in [0, 0.1) is 6.92 Å². The minimum atomic E-state index is -0.865. The fourth-order valence-corrected chi connectivity index (χ4v) is 1.79. The number of aryl methyl sites for hydroxylation is 1. The average molecular weight is 272 g/mol. The third kappa shape index (κ3) is 4.68. The molecule has 1 atom stereocenters. The van der Waals surface area contributed by atoms with E-state index in [1.54, 1.807) is 0 Å². The van der Waals surface area contributed by atoms with Crippen molar-refractivity contribution in [2.24, 2.45) is 0 Å². The van der Waals surface area contributed by atoms with Gasteiger partial charge in [0.25, 0.3) is 0 Å². The lowest BCUT2D eigenvalue weighted by atomic mass is 10.2. The fraction of sp³-hybridized carbons (Fsp3) is 0.294. The molecule has 2 aromatic rings. The van der Waals surface area contributed by atoms with Crippen LogP contribution in [0.3, 0.4) is 0 Å². The molecule has 0 heterocycles. The van der Waals surface area contributed by atoms with Crippen molar-refractivity contribution in [3.8, 4) is 5.75 Å². The smallest absolute Gasteiger partial charge is 0.181 e. The van der Waals surface area contributed by atoms with E-state index in [0.29, 0.717) is 13.2 Å². The summed E-state index contributed by atoms with van der Waals surface area (Å²) in [6.45, 7) is 3.08. The minimum Gasteiger partial charge on any atom is -0.494 e. The van der Waals surface area contributed by atoms with Gasteiger partial charge in [0, 0.05) is 12.0 Å². The molecule has 0 radical (unpaired) electrons. The lowest BCUT2D eigenvalue weighted by molar-refractivity contribution is -0.105. The third-order valence-corrected chi connectivity index (χ3v) is 2.94. The first-order valence-corrected chi connectivity index (χ1v) is 6.80. The molecule has 0 amide bonds. The summed E-state index contributed by atoms with van der Waals surface area (Å²) in [5.74, 6) is 0.860. The van der Waals surface area contributed by atoms with Gasteiger partial charge in [-0.05, 0) is 19.1 Å². The van der Waals surface area contributed by atoms with Crippen molar-refractivity contribution in [2.45, 2.75) is 19.6 Å². The molecule has 0 saturated heterocycles. The zero-order valence-electron chi connectivity index (χ0n) is 11.7. The predicted molar refractivity (Wildman–Crippen MR) is 78.6 cm³/mol. The standard InChI is InChI=1S/C17H20O3/c1-14-8-10-16(11-9-14)19-12-5-13-20-17(18)15-6-3-2-4-7-15/h2-4,6-11,17-18H,5,12-13H2,1H3. The largest absolute Gasteiger partial charge is 0.494 e. The fourth-order valence-electron chi connectivity index (χ4n) is 1.79. The van der Waals surface area contributed by atoms with Crippen molar-refractivity contribution in [1.29, 1.82) is 0 Å². The maximum Gasteiger partial charge on any atom is 0.181 e. The molecule has 20 heavy (non-hydrogen) atoms. The molecule has 3 nitrogen and oxygen atoms in total. The highest BCUT2D eigenvalue weighted by atomic mass is 16.6. The molecule has 3 heteroatoms. The summed E-state index contributed by atoms with van der Waals surface area (Å²) in [5.41, 5.74) is 1.98. The number of aliphatic hydroxyl groups is 1. The summed E-state index contributed by atoms with van der Waals surface area (Å²) < 4.78 is 10.9. The Hall–Kier alpha value is -1.84. The normalized spacial score (nSPS) is 12.1. The van der Waals surface area contributed by atoms with Gasteiger partial charge in [0.2, 0.25) is 0 Å². The summed E-state index contributed by atoms with van der Waals surface area (Å²) in [6, 6.07) is 17.3. The van der Waals surface area contributed by atoms with Gasteiger partial charge in [-0.3, -0.25) is 0 Å². The number of benzene rings is 2. The van der Waals surface area contributed by atoms with Crippen LogP contribution in [0.25, 0.3) is 0 Å². The number of rotatable bonds is 7. The number of ether oxygens (including phenoxy) is 2. The maximum absolute atomic E-state index is 9.80. The monoisotopic (exact) mass is 272 g/mol. The molecule has 0 saturated carbocycles. The summed E-state index contributed by atoms with van der Waals surface area (Å²) in [5, 5.41) is 9.80. The molecule has 106 valence electrons. The number of aliphatic hydroxyl groups excluding tert-OH is 1. The molecule has 1 unspecified atom stereocenters. The first kappa shape index (κ1) is 14.6. The van der Waals surface area contributed by atoms with Crippen LogP contribution in [0.2, 0.25) is 0 Å². The molecule has 0 aliphatic carbocycles. The van der Waals surface area contributed by atoms with Crippen LogP contribution >= 0.6 is 0 Å². The second-order valence-electron chi connectivity index (χ2n) is 4.65. The van der Waals surface area contributed by atoms with E-state index in [-0.39, 0.29) is 0 Å². The average Bonchev–Trinajstić information content (AvgIpc) is 2.49. The Morgan fingerprint density at radius 1 is 0.950 bits per heavy atom. The zero-order chi connectivity index (χ0) is 14.2. The highest BCUT2D eigenvalue weighted by Crippen LogP contribution is 2.14. The lowest BCUT2D eigenvalue weighted by Gasteiger charge is -2.12. The number of hydrogen-bond acceptors (Lipinski definition) is 3. The van der Waals surface area contributed by atoms with Gasteiger partial charge in [0.05, 0.1) is 13.2 Å². The minimum absolute atomic E-state index is 0.460. The molecular weight excluding hydrogens is 252 g/mol. The van der Waals surface area contributed by atoms with E-state index in [9.17, 15) is 5.11 Å². The highest BCUT2D eigenvalue weighted by molar-refractivity contribution is 5.26. The second-order valence-corrected chi connectivity index (χ2v) is 4.65. The van der Waals surface area contributed by atoms with Crippen LogP contribution in [-0.4, -0.2) is 18.3 Å². The second kappa shape index (κ2) is 7.68. The molecule has 0 bridgehead atoms. The SMILES string of the molecule is Cc1ccc(OCCCOC(O)c2ccccc2)cc1. The van der Waals surface area contributed by atoms with Crippen molar-refractivity contribution in [3.63, 3.8) is 0 Å². The first-order chi connectivity index (χ1) is 9.75. The Morgan fingerprint density at radius 2 is 1.65 bits per heavy atom. The quantitative estimate of drug-likeness (QED) is 0.619. The first-order valence-electron chi connectivity index (χ1n) is 6.80. The molecule has 2 aromatic carbocycles. The van der Waals surface area contributed by atoms with Crippen LogP contribution in [0.4, 0.5) is 0 Å². The molecule has 0 aromatic heterocycles. The van der Waals surface area contributed by atoms with E-state index in [1.807, 2.05) is 61.5 Å². The summed E-state index contributed by atoms with van der Waals surface area (Å²) in [7, 11) is 0. The van der Waals surface area contributed by atoms with E-state index in [4.69, 9.17) is 9.47 Å². The Morgan fingerprint density at radius 3 is 2.35 bits per heavy atom. The van der Waals surface area contributed by atoms with Gasteiger partial charge in [0.15, 0.2) is 6.29 Å². The molecule has 0 fully saturated rings. The van der Waals surface area contributed by atoms with E-state index in [1.165, 1.54) is 5.56 Å². The Kier molecular flexibility index (Phi) is 5.59. The van der Waals surface area contributed by atoms with Gasteiger partial charge in [-0.2, -0.15) is 0 Å². The molecule has 1 N–H and O–H groups in total. The van der Waals surface area contributed by atoms with Gasteiger partial charge >= 0.3 is 0 Å². The van der Waals surface area contributed by atoms with Crippen molar-refractivity contribution in [2.75, 3.05) is 13.2 Å². The summed E-state index contributed by atoms with van der Waals surface area (Å²) >= 11 is 0. The van der Waals surface area contributed by atoms with Gasteiger partial charge in [-0.25, -0.2) is 0 Å².